The Morgan fingerprint density at radius 3 is 2.82 bits per heavy atom. The van der Waals surface area contributed by atoms with E-state index in [1.165, 1.54) is 11.3 Å². The number of hydrogen-bond donors (Lipinski definition) is 1. The normalized spacial score (nSPS) is 13.2. The average molecular weight is 253 g/mol. The third kappa shape index (κ3) is 2.87. The van der Waals surface area contributed by atoms with Crippen LogP contribution in [0, 0.1) is 0 Å². The number of aromatic nitrogens is 3. The summed E-state index contributed by atoms with van der Waals surface area (Å²) in [5, 5.41) is 6.64. The molecule has 2 aromatic heterocycles. The lowest BCUT2D eigenvalue weighted by Crippen LogP contribution is -2.11. The summed E-state index contributed by atoms with van der Waals surface area (Å²) in [6, 6.07) is -0.0714. The first-order valence-corrected chi connectivity index (χ1v) is 6.13. The van der Waals surface area contributed by atoms with Gasteiger partial charge in [0.25, 0.3) is 5.89 Å². The maximum Gasteiger partial charge on any atom is 0.277 e. The van der Waals surface area contributed by atoms with Crippen molar-refractivity contribution in [1.29, 1.82) is 0 Å². The molecule has 0 spiro atoms. The van der Waals surface area contributed by atoms with E-state index in [9.17, 15) is 0 Å². The van der Waals surface area contributed by atoms with E-state index < -0.39 is 0 Å². The van der Waals surface area contributed by atoms with Crippen LogP contribution in [0.25, 0.3) is 11.6 Å². The number of nitrogens with zero attached hydrogens (tertiary/aromatic N) is 4. The van der Waals surface area contributed by atoms with Gasteiger partial charge in [0.1, 0.15) is 10.7 Å². The molecule has 1 unspecified atom stereocenters. The summed E-state index contributed by atoms with van der Waals surface area (Å²) >= 11 is 1.50. The summed E-state index contributed by atoms with van der Waals surface area (Å²) in [7, 11) is 3.90. The van der Waals surface area contributed by atoms with Crippen molar-refractivity contribution in [2.45, 2.75) is 19.5 Å². The molecule has 1 atom stereocenters. The first-order valence-electron chi connectivity index (χ1n) is 5.25. The highest BCUT2D eigenvalue weighted by Gasteiger charge is 2.14. The molecule has 0 fully saturated rings. The van der Waals surface area contributed by atoms with Gasteiger partial charge in [0.2, 0.25) is 0 Å². The Morgan fingerprint density at radius 2 is 2.24 bits per heavy atom. The molecule has 7 heteroatoms. The van der Waals surface area contributed by atoms with Gasteiger partial charge in [0.05, 0.1) is 12.6 Å². The highest BCUT2D eigenvalue weighted by Crippen LogP contribution is 2.23. The van der Waals surface area contributed by atoms with Gasteiger partial charge in [-0.05, 0) is 21.0 Å². The molecule has 0 bridgehead atoms. The van der Waals surface area contributed by atoms with E-state index in [1.54, 1.807) is 0 Å². The fraction of sp³-hybridized carbons (Fsp3) is 0.500. The molecule has 6 nitrogen and oxygen atoms in total. The average Bonchev–Trinajstić information content (AvgIpc) is 2.83. The first-order chi connectivity index (χ1) is 8.06. The summed E-state index contributed by atoms with van der Waals surface area (Å²) in [5.41, 5.74) is 6.45. The first kappa shape index (κ1) is 12.2. The maximum absolute atomic E-state index is 5.75. The number of thiazole rings is 1. The van der Waals surface area contributed by atoms with Crippen molar-refractivity contribution in [3.8, 4) is 11.6 Å². The Kier molecular flexibility index (Phi) is 3.51. The summed E-state index contributed by atoms with van der Waals surface area (Å²) in [6.07, 6.45) is 0. The highest BCUT2D eigenvalue weighted by atomic mass is 32.1. The topological polar surface area (TPSA) is 81.1 Å². The molecule has 0 radical (unpaired) electrons. The molecule has 17 heavy (non-hydrogen) atoms. The summed E-state index contributed by atoms with van der Waals surface area (Å²) in [6.45, 7) is 2.54. The molecule has 0 aliphatic heterocycles. The Bertz CT molecular complexity index is 490. The summed E-state index contributed by atoms with van der Waals surface area (Å²) < 4.78 is 5.16. The van der Waals surface area contributed by atoms with Crippen molar-refractivity contribution in [3.63, 3.8) is 0 Å². The van der Waals surface area contributed by atoms with Gasteiger partial charge in [-0.25, -0.2) is 4.98 Å². The number of nitrogens with two attached hydrogens (primary N) is 1. The predicted molar refractivity (Wildman–Crippen MR) is 65.4 cm³/mol. The van der Waals surface area contributed by atoms with Crippen molar-refractivity contribution in [2.24, 2.45) is 5.73 Å². The predicted octanol–water partition coefficient (Wildman–Crippen LogP) is 1.27. The quantitative estimate of drug-likeness (QED) is 0.883. The maximum atomic E-state index is 5.75. The second-order valence-corrected chi connectivity index (χ2v) is 5.00. The van der Waals surface area contributed by atoms with Crippen LogP contribution < -0.4 is 5.73 Å². The van der Waals surface area contributed by atoms with E-state index in [-0.39, 0.29) is 6.04 Å². The van der Waals surface area contributed by atoms with E-state index in [4.69, 9.17) is 10.3 Å². The van der Waals surface area contributed by atoms with E-state index in [1.807, 2.05) is 31.3 Å². The van der Waals surface area contributed by atoms with Gasteiger partial charge in [-0.15, -0.1) is 11.3 Å². The van der Waals surface area contributed by atoms with Gasteiger partial charge in [0.15, 0.2) is 5.82 Å². The fourth-order valence-corrected chi connectivity index (χ4v) is 2.05. The minimum atomic E-state index is -0.0714. The van der Waals surface area contributed by atoms with E-state index in [0.29, 0.717) is 24.0 Å². The van der Waals surface area contributed by atoms with Gasteiger partial charge in [0, 0.05) is 5.38 Å². The minimum Gasteiger partial charge on any atom is -0.332 e. The third-order valence-corrected chi connectivity index (χ3v) is 3.10. The van der Waals surface area contributed by atoms with Crippen molar-refractivity contribution in [3.05, 3.63) is 16.2 Å². The molecule has 0 aliphatic rings. The molecule has 0 aliphatic carbocycles. The zero-order valence-corrected chi connectivity index (χ0v) is 10.9. The van der Waals surface area contributed by atoms with Gasteiger partial charge in [-0.3, -0.25) is 0 Å². The molecule has 0 saturated carbocycles. The monoisotopic (exact) mass is 253 g/mol. The smallest absolute Gasteiger partial charge is 0.277 e. The van der Waals surface area contributed by atoms with Crippen LogP contribution >= 0.6 is 11.3 Å². The Balaban J connectivity index is 2.18. The van der Waals surface area contributed by atoms with Crippen molar-refractivity contribution in [1.82, 2.24) is 20.0 Å². The van der Waals surface area contributed by atoms with Gasteiger partial charge < -0.3 is 15.2 Å². The molecule has 0 saturated heterocycles. The summed E-state index contributed by atoms with van der Waals surface area (Å²) in [5.74, 6) is 1.10. The Labute approximate surface area is 103 Å². The molecule has 2 heterocycles. The molecule has 0 aromatic carbocycles. The van der Waals surface area contributed by atoms with Gasteiger partial charge >= 0.3 is 0 Å². The van der Waals surface area contributed by atoms with E-state index in [2.05, 4.69) is 15.1 Å². The van der Waals surface area contributed by atoms with Crippen molar-refractivity contribution < 1.29 is 4.52 Å². The van der Waals surface area contributed by atoms with Crippen molar-refractivity contribution >= 4 is 11.3 Å². The van der Waals surface area contributed by atoms with Crippen LogP contribution in [-0.4, -0.2) is 34.1 Å². The largest absolute Gasteiger partial charge is 0.332 e. The SMILES string of the molecule is CC(N)c1nc(-c2nc(CN(C)C)no2)cs1. The molecular weight excluding hydrogens is 238 g/mol. The second-order valence-electron chi connectivity index (χ2n) is 4.11. The lowest BCUT2D eigenvalue weighted by molar-refractivity contribution is 0.365. The molecule has 92 valence electrons. The van der Waals surface area contributed by atoms with Crippen LogP contribution in [-0.2, 0) is 6.54 Å². The zero-order chi connectivity index (χ0) is 12.4. The second kappa shape index (κ2) is 4.91. The lowest BCUT2D eigenvalue weighted by Gasteiger charge is -2.03. The molecule has 0 amide bonds. The molecule has 2 rings (SSSR count). The van der Waals surface area contributed by atoms with E-state index in [0.717, 1.165) is 5.01 Å². The van der Waals surface area contributed by atoms with Crippen LogP contribution in [0.4, 0.5) is 0 Å². The van der Waals surface area contributed by atoms with Crippen LogP contribution in [0.5, 0.6) is 0 Å². The van der Waals surface area contributed by atoms with Crippen LogP contribution in [0.15, 0.2) is 9.90 Å². The van der Waals surface area contributed by atoms with E-state index >= 15 is 0 Å². The minimum absolute atomic E-state index is 0.0714. The van der Waals surface area contributed by atoms with Gasteiger partial charge in [-0.2, -0.15) is 4.98 Å². The lowest BCUT2D eigenvalue weighted by atomic mass is 10.4. The standard InChI is InChI=1S/C10H15N5OS/c1-6(11)10-12-7(5-17-10)9-13-8(14-16-9)4-15(2)3/h5-6H,4,11H2,1-3H3. The molecular formula is C10H15N5OS. The van der Waals surface area contributed by atoms with Crippen molar-refractivity contribution in [2.75, 3.05) is 14.1 Å². The zero-order valence-electron chi connectivity index (χ0n) is 10.0. The Morgan fingerprint density at radius 1 is 1.47 bits per heavy atom. The Hall–Kier alpha value is -1.31. The van der Waals surface area contributed by atoms with Crippen LogP contribution in [0.1, 0.15) is 23.8 Å². The summed E-state index contributed by atoms with van der Waals surface area (Å²) in [4.78, 5) is 10.6. The van der Waals surface area contributed by atoms with Crippen LogP contribution in [0.3, 0.4) is 0 Å². The van der Waals surface area contributed by atoms with Gasteiger partial charge in [-0.1, -0.05) is 5.16 Å². The highest BCUT2D eigenvalue weighted by molar-refractivity contribution is 7.10. The molecule has 2 aromatic rings. The fourth-order valence-electron chi connectivity index (χ4n) is 1.30. The number of rotatable bonds is 4. The molecule has 2 N–H and O–H groups in total. The third-order valence-electron chi connectivity index (χ3n) is 2.06. The van der Waals surface area contributed by atoms with Crippen LogP contribution in [0.2, 0.25) is 0 Å². The number of hydrogen-bond acceptors (Lipinski definition) is 7.